The number of anilines is 2. The van der Waals surface area contributed by atoms with E-state index in [0.29, 0.717) is 0 Å². The van der Waals surface area contributed by atoms with Gasteiger partial charge in [0.15, 0.2) is 0 Å². The van der Waals surface area contributed by atoms with Crippen LogP contribution in [0, 0.1) is 0 Å². The topological polar surface area (TPSA) is 22.1 Å². The number of piperazine rings is 1. The Hall–Kier alpha value is -2.20. The average Bonchev–Trinajstić information content (AvgIpc) is 2.69. The largest absolute Gasteiger partial charge is 0.372 e. The zero-order valence-electron chi connectivity index (χ0n) is 15.6. The van der Waals surface area contributed by atoms with Crippen molar-refractivity contribution >= 4 is 29.2 Å². The molecule has 0 radical (unpaired) electrons. The van der Waals surface area contributed by atoms with Gasteiger partial charge in [-0.1, -0.05) is 23.7 Å². The molecule has 0 aliphatic carbocycles. The zero-order valence-corrected chi connectivity index (χ0v) is 16.4. The molecule has 0 bridgehead atoms. The molecule has 1 saturated heterocycles. The minimum Gasteiger partial charge on any atom is -0.372 e. The molecular weight excluding hydrogens is 344 g/mol. The monoisotopic (exact) mass is 370 g/mol. The summed E-state index contributed by atoms with van der Waals surface area (Å²) in [6.45, 7) is 10.2. The van der Waals surface area contributed by atoms with Gasteiger partial charge in [-0.05, 0) is 55.8 Å². The highest BCUT2D eigenvalue weighted by atomic mass is 35.5. The molecule has 0 aromatic heterocycles. The van der Waals surface area contributed by atoms with Crippen molar-refractivity contribution in [3.8, 4) is 0 Å². The molecule has 0 N–H and O–H groups in total. The van der Waals surface area contributed by atoms with Gasteiger partial charge in [0.2, 0.25) is 0 Å². The van der Waals surface area contributed by atoms with E-state index in [2.05, 4.69) is 70.2 Å². The Kier molecular flexibility index (Phi) is 6.40. The van der Waals surface area contributed by atoms with Crippen LogP contribution in [0.1, 0.15) is 19.4 Å². The molecule has 1 aliphatic rings. The van der Waals surface area contributed by atoms with E-state index >= 15 is 0 Å². The molecular formula is C21H27ClN4. The molecule has 0 spiro atoms. The van der Waals surface area contributed by atoms with Gasteiger partial charge in [-0.2, -0.15) is 5.10 Å². The maximum Gasteiger partial charge on any atom is 0.0542 e. The molecule has 5 heteroatoms. The minimum absolute atomic E-state index is 0.781. The van der Waals surface area contributed by atoms with Gasteiger partial charge in [0, 0.05) is 42.6 Å². The third-order valence-corrected chi connectivity index (χ3v) is 5.09. The first-order valence-electron chi connectivity index (χ1n) is 9.34. The number of hydrogen-bond donors (Lipinski definition) is 0. The van der Waals surface area contributed by atoms with Gasteiger partial charge in [0.1, 0.15) is 0 Å². The quantitative estimate of drug-likeness (QED) is 0.706. The second-order valence-corrected chi connectivity index (χ2v) is 6.86. The standard InChI is InChI=1S/C21H27ClN4/c1-3-24(4-2)20-9-5-18(6-10-20)17-23-26-15-13-25(14-16-26)21-11-7-19(22)8-12-21/h5-12,17H,3-4,13-16H2,1-2H3. The Balaban J connectivity index is 1.53. The van der Waals surface area contributed by atoms with Gasteiger partial charge in [-0.15, -0.1) is 0 Å². The van der Waals surface area contributed by atoms with E-state index in [9.17, 15) is 0 Å². The lowest BCUT2D eigenvalue weighted by Crippen LogP contribution is -2.44. The van der Waals surface area contributed by atoms with Gasteiger partial charge in [-0.25, -0.2) is 0 Å². The molecule has 0 amide bonds. The first kappa shape index (κ1) is 18.6. The molecule has 0 saturated carbocycles. The average molecular weight is 371 g/mol. The van der Waals surface area contributed by atoms with Crippen molar-refractivity contribution in [3.63, 3.8) is 0 Å². The summed E-state index contributed by atoms with van der Waals surface area (Å²) < 4.78 is 0. The van der Waals surface area contributed by atoms with Crippen molar-refractivity contribution in [2.45, 2.75) is 13.8 Å². The summed E-state index contributed by atoms with van der Waals surface area (Å²) in [4.78, 5) is 4.72. The van der Waals surface area contributed by atoms with Crippen molar-refractivity contribution in [1.29, 1.82) is 0 Å². The van der Waals surface area contributed by atoms with Gasteiger partial charge in [0.25, 0.3) is 0 Å². The zero-order chi connectivity index (χ0) is 18.4. The van der Waals surface area contributed by atoms with Crippen molar-refractivity contribution < 1.29 is 0 Å². The second-order valence-electron chi connectivity index (χ2n) is 6.43. The Labute approximate surface area is 161 Å². The van der Waals surface area contributed by atoms with E-state index in [4.69, 9.17) is 11.6 Å². The molecule has 1 fully saturated rings. The van der Waals surface area contributed by atoms with Gasteiger partial charge in [-0.3, -0.25) is 5.01 Å². The lowest BCUT2D eigenvalue weighted by molar-refractivity contribution is 0.272. The summed E-state index contributed by atoms with van der Waals surface area (Å²) >= 11 is 5.97. The van der Waals surface area contributed by atoms with Crippen molar-refractivity contribution in [1.82, 2.24) is 5.01 Å². The smallest absolute Gasteiger partial charge is 0.0542 e. The third-order valence-electron chi connectivity index (χ3n) is 4.84. The van der Waals surface area contributed by atoms with E-state index in [1.807, 2.05) is 18.3 Å². The highest BCUT2D eigenvalue weighted by Crippen LogP contribution is 2.19. The SMILES string of the molecule is CCN(CC)c1ccc(C=NN2CCN(c3ccc(Cl)cc3)CC2)cc1. The van der Waals surface area contributed by atoms with Gasteiger partial charge >= 0.3 is 0 Å². The molecule has 26 heavy (non-hydrogen) atoms. The number of rotatable bonds is 6. The van der Waals surface area contributed by atoms with Crippen LogP contribution in [-0.4, -0.2) is 50.5 Å². The summed E-state index contributed by atoms with van der Waals surface area (Å²) in [5.74, 6) is 0. The highest BCUT2D eigenvalue weighted by molar-refractivity contribution is 6.30. The number of benzene rings is 2. The van der Waals surface area contributed by atoms with Crippen LogP contribution < -0.4 is 9.80 Å². The Morgan fingerprint density at radius 2 is 1.54 bits per heavy atom. The lowest BCUT2D eigenvalue weighted by atomic mass is 10.2. The van der Waals surface area contributed by atoms with Crippen LogP contribution in [0.4, 0.5) is 11.4 Å². The van der Waals surface area contributed by atoms with Crippen LogP contribution in [-0.2, 0) is 0 Å². The first-order chi connectivity index (χ1) is 12.7. The van der Waals surface area contributed by atoms with E-state index < -0.39 is 0 Å². The summed E-state index contributed by atoms with van der Waals surface area (Å²) in [5, 5.41) is 7.58. The van der Waals surface area contributed by atoms with Crippen molar-refractivity contribution in [3.05, 3.63) is 59.1 Å². The molecule has 0 atom stereocenters. The van der Waals surface area contributed by atoms with E-state index in [0.717, 1.165) is 49.9 Å². The fraction of sp³-hybridized carbons (Fsp3) is 0.381. The summed E-state index contributed by atoms with van der Waals surface area (Å²) in [5.41, 5.74) is 3.63. The fourth-order valence-electron chi connectivity index (χ4n) is 3.23. The van der Waals surface area contributed by atoms with E-state index in [1.54, 1.807) is 0 Å². The van der Waals surface area contributed by atoms with Crippen LogP contribution in [0.2, 0.25) is 5.02 Å². The number of hydrazone groups is 1. The molecule has 1 heterocycles. The van der Waals surface area contributed by atoms with Crippen LogP contribution in [0.5, 0.6) is 0 Å². The van der Waals surface area contributed by atoms with Gasteiger partial charge in [0.05, 0.1) is 19.3 Å². The third kappa shape index (κ3) is 4.70. The summed E-state index contributed by atoms with van der Waals surface area (Å²) in [6.07, 6.45) is 1.96. The summed E-state index contributed by atoms with van der Waals surface area (Å²) in [7, 11) is 0. The molecule has 0 unspecified atom stereocenters. The number of hydrogen-bond acceptors (Lipinski definition) is 4. The Bertz CT molecular complexity index is 700. The minimum atomic E-state index is 0.781. The van der Waals surface area contributed by atoms with Gasteiger partial charge < -0.3 is 9.80 Å². The Morgan fingerprint density at radius 3 is 2.12 bits per heavy atom. The van der Waals surface area contributed by atoms with Crippen molar-refractivity contribution in [2.75, 3.05) is 49.1 Å². The van der Waals surface area contributed by atoms with Crippen LogP contribution in [0.3, 0.4) is 0 Å². The van der Waals surface area contributed by atoms with Crippen LogP contribution in [0.15, 0.2) is 53.6 Å². The molecule has 2 aromatic carbocycles. The van der Waals surface area contributed by atoms with E-state index in [-0.39, 0.29) is 0 Å². The maximum absolute atomic E-state index is 5.97. The van der Waals surface area contributed by atoms with Crippen LogP contribution in [0.25, 0.3) is 0 Å². The normalized spacial score (nSPS) is 14.9. The predicted octanol–water partition coefficient (Wildman–Crippen LogP) is 4.34. The maximum atomic E-state index is 5.97. The van der Waals surface area contributed by atoms with Crippen LogP contribution >= 0.6 is 11.6 Å². The fourth-order valence-corrected chi connectivity index (χ4v) is 3.36. The molecule has 4 nitrogen and oxygen atoms in total. The molecule has 3 rings (SSSR count). The molecule has 138 valence electrons. The molecule has 2 aromatic rings. The number of nitrogens with zero attached hydrogens (tertiary/aromatic N) is 4. The van der Waals surface area contributed by atoms with Crippen molar-refractivity contribution in [2.24, 2.45) is 5.10 Å². The number of halogens is 1. The Morgan fingerprint density at radius 1 is 0.923 bits per heavy atom. The lowest BCUT2D eigenvalue weighted by Gasteiger charge is -2.34. The highest BCUT2D eigenvalue weighted by Gasteiger charge is 2.15. The summed E-state index contributed by atoms with van der Waals surface area (Å²) in [6, 6.07) is 16.7. The second kappa shape index (κ2) is 8.95. The first-order valence-corrected chi connectivity index (χ1v) is 9.72. The van der Waals surface area contributed by atoms with E-state index in [1.165, 1.54) is 11.4 Å². The predicted molar refractivity (Wildman–Crippen MR) is 113 cm³/mol. The molecule has 1 aliphatic heterocycles.